The molecule has 1 aromatic carbocycles. The van der Waals surface area contributed by atoms with Crippen LogP contribution < -0.4 is 10.5 Å². The van der Waals surface area contributed by atoms with Crippen molar-refractivity contribution in [3.8, 4) is 5.75 Å². The molecule has 0 radical (unpaired) electrons. The second-order valence-corrected chi connectivity index (χ2v) is 4.84. The Labute approximate surface area is 114 Å². The molecule has 0 bridgehead atoms. The first kappa shape index (κ1) is 13.6. The quantitative estimate of drug-likeness (QED) is 0.918. The second-order valence-electron chi connectivity index (χ2n) is 4.84. The van der Waals surface area contributed by atoms with Gasteiger partial charge in [-0.25, -0.2) is 0 Å². The van der Waals surface area contributed by atoms with Crippen LogP contribution in [0.25, 0.3) is 0 Å². The third-order valence-corrected chi connectivity index (χ3v) is 3.65. The van der Waals surface area contributed by atoms with Crippen LogP contribution in [0.2, 0.25) is 0 Å². The number of nitrogens with zero attached hydrogens (tertiary/aromatic N) is 1. The van der Waals surface area contributed by atoms with Gasteiger partial charge in [0.05, 0.1) is 13.2 Å². The number of methoxy groups -OCH3 is 1. The molecule has 1 heterocycles. The molecule has 0 aliphatic heterocycles. The zero-order chi connectivity index (χ0) is 14.0. The first-order valence-corrected chi connectivity index (χ1v) is 6.36. The van der Waals surface area contributed by atoms with Crippen molar-refractivity contribution in [2.75, 3.05) is 7.11 Å². The first-order valence-electron chi connectivity index (χ1n) is 6.36. The van der Waals surface area contributed by atoms with Crippen LogP contribution in [0.1, 0.15) is 33.9 Å². The van der Waals surface area contributed by atoms with Crippen LogP contribution in [0.3, 0.4) is 0 Å². The third-order valence-electron chi connectivity index (χ3n) is 3.65. The van der Waals surface area contributed by atoms with Crippen molar-refractivity contribution in [3.05, 3.63) is 58.4 Å². The number of hydrogen-bond acceptors (Lipinski definition) is 3. The zero-order valence-corrected chi connectivity index (χ0v) is 11.9. The van der Waals surface area contributed by atoms with Gasteiger partial charge in [-0.3, -0.25) is 4.98 Å². The highest BCUT2D eigenvalue weighted by Crippen LogP contribution is 2.33. The van der Waals surface area contributed by atoms with Crippen molar-refractivity contribution in [1.82, 2.24) is 4.98 Å². The van der Waals surface area contributed by atoms with E-state index in [-0.39, 0.29) is 6.04 Å². The maximum atomic E-state index is 6.40. The topological polar surface area (TPSA) is 48.1 Å². The summed E-state index contributed by atoms with van der Waals surface area (Å²) in [5.41, 5.74) is 11.9. The summed E-state index contributed by atoms with van der Waals surface area (Å²) in [6.45, 7) is 6.16. The van der Waals surface area contributed by atoms with E-state index < -0.39 is 0 Å². The van der Waals surface area contributed by atoms with E-state index in [0.717, 1.165) is 28.0 Å². The molecule has 0 fully saturated rings. The first-order chi connectivity index (χ1) is 9.06. The fourth-order valence-electron chi connectivity index (χ4n) is 2.33. The summed E-state index contributed by atoms with van der Waals surface area (Å²) in [7, 11) is 1.69. The lowest BCUT2D eigenvalue weighted by molar-refractivity contribution is 0.404. The summed E-state index contributed by atoms with van der Waals surface area (Å²) in [6.07, 6.45) is 3.61. The zero-order valence-electron chi connectivity index (χ0n) is 11.9. The number of aryl methyl sites for hydroxylation is 2. The van der Waals surface area contributed by atoms with Gasteiger partial charge in [-0.15, -0.1) is 0 Å². The van der Waals surface area contributed by atoms with E-state index in [2.05, 4.69) is 24.9 Å². The molecule has 100 valence electrons. The summed E-state index contributed by atoms with van der Waals surface area (Å²) in [5.74, 6) is 0.878. The summed E-state index contributed by atoms with van der Waals surface area (Å²) >= 11 is 0. The number of ether oxygens (including phenoxy) is 1. The van der Waals surface area contributed by atoms with E-state index in [1.165, 1.54) is 5.56 Å². The van der Waals surface area contributed by atoms with E-state index in [1.807, 2.05) is 25.3 Å². The van der Waals surface area contributed by atoms with Crippen LogP contribution in [0.15, 0.2) is 30.6 Å². The fraction of sp³-hybridized carbons (Fsp3) is 0.312. The molecule has 2 rings (SSSR count). The molecule has 0 aliphatic carbocycles. The highest BCUT2D eigenvalue weighted by atomic mass is 16.5. The van der Waals surface area contributed by atoms with E-state index in [9.17, 15) is 0 Å². The molecule has 1 atom stereocenters. The van der Waals surface area contributed by atoms with Crippen LogP contribution in [-0.4, -0.2) is 12.1 Å². The largest absolute Gasteiger partial charge is 0.496 e. The van der Waals surface area contributed by atoms with Gasteiger partial charge >= 0.3 is 0 Å². The standard InChI is InChI=1S/C16H20N2O/c1-10-5-6-14(16(19-4)12(10)3)15(17)13-7-8-18-9-11(13)2/h5-9,15H,17H2,1-4H3. The van der Waals surface area contributed by atoms with E-state index in [4.69, 9.17) is 10.5 Å². The number of aromatic nitrogens is 1. The Hall–Kier alpha value is -1.87. The highest BCUT2D eigenvalue weighted by Gasteiger charge is 2.18. The lowest BCUT2D eigenvalue weighted by atomic mass is 9.93. The molecule has 3 nitrogen and oxygen atoms in total. The Balaban J connectivity index is 2.53. The maximum absolute atomic E-state index is 6.40. The average molecular weight is 256 g/mol. The second kappa shape index (κ2) is 5.41. The Kier molecular flexibility index (Phi) is 3.86. The molecule has 3 heteroatoms. The van der Waals surface area contributed by atoms with E-state index >= 15 is 0 Å². The van der Waals surface area contributed by atoms with Crippen molar-refractivity contribution in [3.63, 3.8) is 0 Å². The number of benzene rings is 1. The summed E-state index contributed by atoms with van der Waals surface area (Å²) in [5, 5.41) is 0. The normalized spacial score (nSPS) is 12.3. The SMILES string of the molecule is COc1c(C(N)c2ccncc2C)ccc(C)c1C. The van der Waals surface area contributed by atoms with Gasteiger partial charge in [0.15, 0.2) is 0 Å². The molecule has 1 aromatic heterocycles. The summed E-state index contributed by atoms with van der Waals surface area (Å²) in [4.78, 5) is 4.11. The van der Waals surface area contributed by atoms with Crippen molar-refractivity contribution < 1.29 is 4.74 Å². The van der Waals surface area contributed by atoms with Gasteiger partial charge in [0.1, 0.15) is 5.75 Å². The lowest BCUT2D eigenvalue weighted by Gasteiger charge is -2.20. The average Bonchev–Trinajstić information content (AvgIpc) is 2.41. The Morgan fingerprint density at radius 2 is 1.79 bits per heavy atom. The lowest BCUT2D eigenvalue weighted by Crippen LogP contribution is -2.15. The number of rotatable bonds is 3. The highest BCUT2D eigenvalue weighted by molar-refractivity contribution is 5.50. The van der Waals surface area contributed by atoms with Gasteiger partial charge < -0.3 is 10.5 Å². The van der Waals surface area contributed by atoms with E-state index in [1.54, 1.807) is 13.3 Å². The molecule has 2 N–H and O–H groups in total. The molecule has 0 saturated carbocycles. The molecule has 0 amide bonds. The number of hydrogen-bond donors (Lipinski definition) is 1. The minimum Gasteiger partial charge on any atom is -0.496 e. The van der Waals surface area contributed by atoms with Crippen molar-refractivity contribution in [2.45, 2.75) is 26.8 Å². The van der Waals surface area contributed by atoms with Gasteiger partial charge in [-0.05, 0) is 49.1 Å². The number of nitrogens with two attached hydrogens (primary N) is 1. The Bertz CT molecular complexity index is 593. The van der Waals surface area contributed by atoms with Crippen LogP contribution in [-0.2, 0) is 0 Å². The third kappa shape index (κ3) is 2.47. The van der Waals surface area contributed by atoms with Crippen molar-refractivity contribution in [2.24, 2.45) is 5.73 Å². The van der Waals surface area contributed by atoms with E-state index in [0.29, 0.717) is 0 Å². The summed E-state index contributed by atoms with van der Waals surface area (Å²) < 4.78 is 5.54. The van der Waals surface area contributed by atoms with Gasteiger partial charge in [0, 0.05) is 18.0 Å². The number of pyridine rings is 1. The van der Waals surface area contributed by atoms with Crippen LogP contribution >= 0.6 is 0 Å². The molecule has 0 saturated heterocycles. The van der Waals surface area contributed by atoms with Gasteiger partial charge in [0.2, 0.25) is 0 Å². The molecular weight excluding hydrogens is 236 g/mol. The molecule has 2 aromatic rings. The monoisotopic (exact) mass is 256 g/mol. The van der Waals surface area contributed by atoms with Crippen molar-refractivity contribution >= 4 is 0 Å². The van der Waals surface area contributed by atoms with Crippen LogP contribution in [0.5, 0.6) is 5.75 Å². The van der Waals surface area contributed by atoms with Crippen LogP contribution in [0, 0.1) is 20.8 Å². The minimum atomic E-state index is -0.197. The summed E-state index contributed by atoms with van der Waals surface area (Å²) in [6, 6.07) is 5.90. The predicted octanol–water partition coefficient (Wildman–Crippen LogP) is 3.06. The Morgan fingerprint density at radius 3 is 2.42 bits per heavy atom. The Morgan fingerprint density at radius 1 is 1.05 bits per heavy atom. The molecular formula is C16H20N2O. The van der Waals surface area contributed by atoms with Gasteiger partial charge in [0.25, 0.3) is 0 Å². The molecule has 0 spiro atoms. The predicted molar refractivity (Wildman–Crippen MR) is 77.5 cm³/mol. The smallest absolute Gasteiger partial charge is 0.127 e. The fourth-order valence-corrected chi connectivity index (χ4v) is 2.33. The van der Waals surface area contributed by atoms with Crippen LogP contribution in [0.4, 0.5) is 0 Å². The van der Waals surface area contributed by atoms with Gasteiger partial charge in [-0.2, -0.15) is 0 Å². The van der Waals surface area contributed by atoms with Gasteiger partial charge in [-0.1, -0.05) is 12.1 Å². The molecule has 1 unspecified atom stereocenters. The van der Waals surface area contributed by atoms with Crippen molar-refractivity contribution in [1.29, 1.82) is 0 Å². The minimum absolute atomic E-state index is 0.197. The molecule has 0 aliphatic rings. The molecule has 19 heavy (non-hydrogen) atoms. The maximum Gasteiger partial charge on any atom is 0.127 e.